The Morgan fingerprint density at radius 1 is 0.169 bits per heavy atom. The Kier molecular flexibility index (Phi) is 25.9. The van der Waals surface area contributed by atoms with Crippen LogP contribution in [0.1, 0.15) is 0 Å². The molecule has 0 spiro atoms. The summed E-state index contributed by atoms with van der Waals surface area (Å²) in [6, 6.07) is 0. The molecule has 8 aliphatic rings. The minimum Gasteiger partial charge on any atom is -0.394 e. The van der Waals surface area contributed by atoms with Gasteiger partial charge in [-0.2, -0.15) is 0 Å². The smallest absolute Gasteiger partial charge is 0.187 e. The lowest BCUT2D eigenvalue weighted by Gasteiger charge is -2.50. The van der Waals surface area contributed by atoms with E-state index >= 15 is 0 Å². The molecule has 0 bridgehead atoms. The summed E-state index contributed by atoms with van der Waals surface area (Å²) in [5.74, 6) is 0. The van der Waals surface area contributed by atoms with Crippen LogP contribution in [0.25, 0.3) is 0 Å². The third-order valence-corrected chi connectivity index (χ3v) is 16.7. The van der Waals surface area contributed by atoms with Crippen LogP contribution in [0.4, 0.5) is 0 Å². The lowest BCUT2D eigenvalue weighted by molar-refractivity contribution is -0.399. The van der Waals surface area contributed by atoms with E-state index in [1.54, 1.807) is 0 Å². The lowest BCUT2D eigenvalue weighted by Crippen LogP contribution is -2.68. The van der Waals surface area contributed by atoms with Gasteiger partial charge in [0.25, 0.3) is 0 Å². The first-order valence-corrected chi connectivity index (χ1v) is 28.2. The Morgan fingerprint density at radius 3 is 0.517 bits per heavy atom. The molecule has 0 unspecified atom stereocenters. The molecule has 26 N–H and O–H groups in total. The molecule has 0 radical (unpaired) electrons. The molecular formula is C48H82O41. The normalized spacial score (nSPS) is 53.6. The average molecular weight is 1320 g/mol. The van der Waals surface area contributed by atoms with E-state index in [0.29, 0.717) is 0 Å². The van der Waals surface area contributed by atoms with Gasteiger partial charge in [-0.05, 0) is 0 Å². The van der Waals surface area contributed by atoms with Gasteiger partial charge < -0.3 is 204 Å². The summed E-state index contributed by atoms with van der Waals surface area (Å²) in [5.41, 5.74) is 0. The maximum absolute atomic E-state index is 11.4. The van der Waals surface area contributed by atoms with Gasteiger partial charge in [0, 0.05) is 0 Å². The highest BCUT2D eigenvalue weighted by Gasteiger charge is 2.59. The van der Waals surface area contributed by atoms with Crippen LogP contribution in [0, 0.1) is 0 Å². The Hall–Kier alpha value is -1.64. The first kappa shape index (κ1) is 73.2. The SMILES string of the molecule is OC[C@H]1O[C@H](O[C@H]2[C@H](O)[C@@H](O)[C@@H](O[C@H]3[C@H](O)[C@@H](O)[C@@H](O[C@H]4[C@H](O)[C@@H](O)[C@@H](O[C@H]5[C@H](O)[C@@H](O)[C@@H](O[C@H]6[C@H](O)[C@@H](O)[C@@H](O[C@H]7[C@@H](O)[C@@H](O)[C@@H](O[C@H]8[C@H](O)[C@@H](O)[C@@H](O)O[C@@H]8CO)O[C@@H]7CO)O[C@@H]6CO)O[C@@H]5CO)O[C@@H]4CO)O[C@@H]3CO)O[C@@H]2CO)[C@H](O)[C@@H](O)[C@@H]1O. The highest BCUT2D eigenvalue weighted by Crippen LogP contribution is 2.39. The zero-order valence-electron chi connectivity index (χ0n) is 46.5. The molecule has 40 atom stereocenters. The van der Waals surface area contributed by atoms with Crippen LogP contribution in [0.5, 0.6) is 0 Å². The van der Waals surface area contributed by atoms with Crippen molar-refractivity contribution in [2.75, 3.05) is 52.9 Å². The molecule has 0 aliphatic carbocycles. The van der Waals surface area contributed by atoms with E-state index in [1.165, 1.54) is 0 Å². The van der Waals surface area contributed by atoms with Crippen LogP contribution in [0.2, 0.25) is 0 Å². The van der Waals surface area contributed by atoms with Crippen LogP contribution in [0.3, 0.4) is 0 Å². The molecule has 8 saturated heterocycles. The largest absolute Gasteiger partial charge is 0.394 e. The summed E-state index contributed by atoms with van der Waals surface area (Å²) >= 11 is 0. The van der Waals surface area contributed by atoms with E-state index in [4.69, 9.17) is 71.1 Å². The molecule has 41 nitrogen and oxygen atoms in total. The monoisotopic (exact) mass is 1310 g/mol. The molecule has 520 valence electrons. The molecule has 89 heavy (non-hydrogen) atoms. The van der Waals surface area contributed by atoms with E-state index in [-0.39, 0.29) is 0 Å². The van der Waals surface area contributed by atoms with Crippen molar-refractivity contribution in [3.8, 4) is 0 Å². The molecule has 8 rings (SSSR count). The Bertz CT molecular complexity index is 2120. The fourth-order valence-electron chi connectivity index (χ4n) is 11.5. The maximum atomic E-state index is 11.4. The molecule has 8 fully saturated rings. The first-order valence-electron chi connectivity index (χ1n) is 28.2. The fraction of sp³-hybridized carbons (Fsp3) is 1.00. The van der Waals surface area contributed by atoms with Gasteiger partial charge >= 0.3 is 0 Å². The van der Waals surface area contributed by atoms with Crippen molar-refractivity contribution in [1.29, 1.82) is 0 Å². The third kappa shape index (κ3) is 15.0. The maximum Gasteiger partial charge on any atom is 0.187 e. The summed E-state index contributed by atoms with van der Waals surface area (Å²) in [6.45, 7) is -8.07. The third-order valence-electron chi connectivity index (χ3n) is 16.7. The van der Waals surface area contributed by atoms with Crippen molar-refractivity contribution in [1.82, 2.24) is 0 Å². The number of aliphatic hydroxyl groups excluding tert-OH is 26. The van der Waals surface area contributed by atoms with Crippen LogP contribution in [-0.4, -0.2) is 431 Å². The van der Waals surface area contributed by atoms with Gasteiger partial charge in [-0.1, -0.05) is 0 Å². The molecule has 0 aromatic carbocycles. The molecule has 41 heteroatoms. The van der Waals surface area contributed by atoms with Crippen molar-refractivity contribution < 1.29 is 204 Å². The van der Waals surface area contributed by atoms with Crippen molar-refractivity contribution in [3.05, 3.63) is 0 Å². The Balaban J connectivity index is 0.850. The van der Waals surface area contributed by atoms with Gasteiger partial charge in [0.1, 0.15) is 195 Å². The van der Waals surface area contributed by atoms with Gasteiger partial charge in [0.15, 0.2) is 50.3 Å². The summed E-state index contributed by atoms with van der Waals surface area (Å²) in [4.78, 5) is 0. The van der Waals surface area contributed by atoms with E-state index in [9.17, 15) is 133 Å². The second-order valence-electron chi connectivity index (χ2n) is 22.4. The molecule has 8 heterocycles. The zero-order valence-corrected chi connectivity index (χ0v) is 46.5. The van der Waals surface area contributed by atoms with Gasteiger partial charge in [-0.3, -0.25) is 0 Å². The number of rotatable bonds is 22. The first-order chi connectivity index (χ1) is 42.2. The van der Waals surface area contributed by atoms with Gasteiger partial charge in [0.2, 0.25) is 0 Å². The van der Waals surface area contributed by atoms with Crippen LogP contribution in [-0.2, 0) is 71.1 Å². The van der Waals surface area contributed by atoms with E-state index in [0.717, 1.165) is 0 Å². The number of aliphatic hydroxyl groups is 26. The zero-order chi connectivity index (χ0) is 65.4. The predicted octanol–water partition coefficient (Wildman–Crippen LogP) is -18.5. The van der Waals surface area contributed by atoms with Gasteiger partial charge in [-0.15, -0.1) is 0 Å². The Labute approximate surface area is 501 Å². The van der Waals surface area contributed by atoms with Crippen molar-refractivity contribution >= 4 is 0 Å². The van der Waals surface area contributed by atoms with Crippen molar-refractivity contribution in [2.24, 2.45) is 0 Å². The molecule has 8 aliphatic heterocycles. The lowest BCUT2D eigenvalue weighted by atomic mass is 9.95. The van der Waals surface area contributed by atoms with Crippen LogP contribution >= 0.6 is 0 Å². The second-order valence-corrected chi connectivity index (χ2v) is 22.4. The molecule has 0 aromatic rings. The summed E-state index contributed by atoms with van der Waals surface area (Å²) in [7, 11) is 0. The number of hydrogen-bond acceptors (Lipinski definition) is 41. The highest BCUT2D eigenvalue weighted by molar-refractivity contribution is 5.02. The summed E-state index contributed by atoms with van der Waals surface area (Å²) in [6.07, 6.45) is -78.4. The van der Waals surface area contributed by atoms with Crippen LogP contribution in [0.15, 0.2) is 0 Å². The molecular weight excluding hydrogens is 1230 g/mol. The highest BCUT2D eigenvalue weighted by atomic mass is 16.8. The van der Waals surface area contributed by atoms with E-state index in [2.05, 4.69) is 0 Å². The summed E-state index contributed by atoms with van der Waals surface area (Å²) < 4.78 is 83.4. The minimum atomic E-state index is -2.26. The Morgan fingerprint density at radius 2 is 0.326 bits per heavy atom. The quantitative estimate of drug-likeness (QED) is 0.0479. The second kappa shape index (κ2) is 31.5. The number of ether oxygens (including phenoxy) is 15. The predicted molar refractivity (Wildman–Crippen MR) is 264 cm³/mol. The summed E-state index contributed by atoms with van der Waals surface area (Å²) in [5, 5.41) is 277. The van der Waals surface area contributed by atoms with Crippen molar-refractivity contribution in [2.45, 2.75) is 246 Å². The van der Waals surface area contributed by atoms with E-state index < -0.39 is 299 Å². The molecule has 0 amide bonds. The van der Waals surface area contributed by atoms with Gasteiger partial charge in [-0.25, -0.2) is 0 Å². The van der Waals surface area contributed by atoms with Crippen LogP contribution < -0.4 is 0 Å². The van der Waals surface area contributed by atoms with E-state index in [1.807, 2.05) is 0 Å². The van der Waals surface area contributed by atoms with Gasteiger partial charge in [0.05, 0.1) is 52.9 Å². The minimum absolute atomic E-state index is 0.854. The average Bonchev–Trinajstić information content (AvgIpc) is 1.20. The molecule has 0 saturated carbocycles. The van der Waals surface area contributed by atoms with Crippen molar-refractivity contribution in [3.63, 3.8) is 0 Å². The standard InChI is InChI=1S/C48H82O41/c49-1-9-17(57)18(58)27(67)42(76-9)84-35-11(3-51)78-44(29(69)20(35)60)86-37-13(5-53)80-46(31(71)22(37)62)88-39-15(7-55)82-48(33(73)24(39)64)89-40-16(8-56)81-47(32(72)25(40)65)87-38-14(6-54)79-45(30(70)23(38)63)85-36-12(4-52)77-43(28(68)21(36)61)83-34-10(2-50)75-41(74)26(66)19(34)59/h9-74H,1-8H2/t9-,10-,11-,12-,13-,14-,15-,16-,17-,18+,19-,20-,21+,22-,23-,24-,25-,26-,27-,28-,29-,30-,31-,32-,33-,34-,35-,36-,37-,38-,39-,40-,41+,42-,43-,44-,45-,46-,47-,48-/m1/s1. The number of hydrogen-bond donors (Lipinski definition) is 26. The molecule has 0 aromatic heterocycles. The fourth-order valence-corrected chi connectivity index (χ4v) is 11.5. The topological polar surface area (TPSA) is 664 Å².